The monoisotopic (exact) mass is 264 g/mol. The van der Waals surface area contributed by atoms with Crippen molar-refractivity contribution < 1.29 is 5.11 Å². The summed E-state index contributed by atoms with van der Waals surface area (Å²) < 4.78 is 0. The molecule has 19 heavy (non-hydrogen) atoms. The first kappa shape index (κ1) is 14.2. The lowest BCUT2D eigenvalue weighted by molar-refractivity contribution is 0.0443. The fourth-order valence-corrected chi connectivity index (χ4v) is 2.51. The van der Waals surface area contributed by atoms with Crippen molar-refractivity contribution in [3.63, 3.8) is 0 Å². The molecule has 1 aliphatic heterocycles. The van der Waals surface area contributed by atoms with Crippen LogP contribution in [0.25, 0.3) is 0 Å². The summed E-state index contributed by atoms with van der Waals surface area (Å²) in [5.41, 5.74) is 0.467. The largest absolute Gasteiger partial charge is 0.390 e. The Kier molecular flexibility index (Phi) is 4.37. The third-order valence-corrected chi connectivity index (χ3v) is 3.68. The van der Waals surface area contributed by atoms with Crippen LogP contribution in [0.1, 0.15) is 37.7 Å². The quantitative estimate of drug-likeness (QED) is 0.867. The minimum atomic E-state index is -0.516. The van der Waals surface area contributed by atoms with Gasteiger partial charge in [-0.25, -0.2) is 9.97 Å². The van der Waals surface area contributed by atoms with Gasteiger partial charge in [0.05, 0.1) is 12.1 Å². The maximum Gasteiger partial charge on any atom is 0.144 e. The molecule has 1 aliphatic rings. The van der Waals surface area contributed by atoms with E-state index in [2.05, 4.69) is 20.2 Å². The van der Waals surface area contributed by atoms with Gasteiger partial charge in [-0.2, -0.15) is 0 Å². The predicted octanol–water partition coefficient (Wildman–Crippen LogP) is 1.56. The molecule has 2 rings (SSSR count). The van der Waals surface area contributed by atoms with Gasteiger partial charge in [-0.3, -0.25) is 4.90 Å². The number of aryl methyl sites for hydroxylation is 1. The smallest absolute Gasteiger partial charge is 0.144 e. The molecule has 5 heteroatoms. The number of rotatable bonds is 3. The van der Waals surface area contributed by atoms with Crippen molar-refractivity contribution in [1.82, 2.24) is 14.9 Å². The molecule has 0 bridgehead atoms. The number of likely N-dealkylation sites (tertiary alicyclic amines) is 1. The van der Waals surface area contributed by atoms with Crippen molar-refractivity contribution in [2.75, 3.05) is 25.5 Å². The van der Waals surface area contributed by atoms with Crippen LogP contribution in [0.3, 0.4) is 0 Å². The molecule has 0 amide bonds. The van der Waals surface area contributed by atoms with Crippen LogP contribution in [0.4, 0.5) is 5.82 Å². The number of aliphatic hydroxyl groups is 1. The summed E-state index contributed by atoms with van der Waals surface area (Å²) in [5.74, 6) is 1.72. The van der Waals surface area contributed by atoms with Crippen LogP contribution in [0.5, 0.6) is 0 Å². The van der Waals surface area contributed by atoms with E-state index in [9.17, 15) is 5.11 Å². The zero-order valence-electron chi connectivity index (χ0n) is 12.1. The fraction of sp³-hybridized carbons (Fsp3) is 0.714. The summed E-state index contributed by atoms with van der Waals surface area (Å²) in [4.78, 5) is 11.3. The number of aromatic nitrogens is 2. The Hall–Kier alpha value is -1.20. The van der Waals surface area contributed by atoms with Gasteiger partial charge in [0, 0.05) is 25.4 Å². The van der Waals surface area contributed by atoms with Gasteiger partial charge in [0.15, 0.2) is 0 Å². The summed E-state index contributed by atoms with van der Waals surface area (Å²) in [6.07, 6.45) is 2.72. The van der Waals surface area contributed by atoms with Gasteiger partial charge in [-0.15, -0.1) is 0 Å². The van der Waals surface area contributed by atoms with Crippen molar-refractivity contribution in [2.45, 2.75) is 45.3 Å². The highest BCUT2D eigenvalue weighted by atomic mass is 16.3. The fourth-order valence-electron chi connectivity index (χ4n) is 2.51. The number of nitrogens with one attached hydrogen (secondary N) is 1. The summed E-state index contributed by atoms with van der Waals surface area (Å²) in [5, 5.41) is 13.2. The molecule has 1 aromatic rings. The molecule has 0 aliphatic carbocycles. The van der Waals surface area contributed by atoms with Gasteiger partial charge in [-0.05, 0) is 39.7 Å². The van der Waals surface area contributed by atoms with Gasteiger partial charge in [0.25, 0.3) is 0 Å². The Bertz CT molecular complexity index is 433. The Morgan fingerprint density at radius 3 is 2.89 bits per heavy atom. The van der Waals surface area contributed by atoms with Crippen LogP contribution >= 0.6 is 0 Å². The van der Waals surface area contributed by atoms with E-state index in [-0.39, 0.29) is 0 Å². The molecule has 2 N–H and O–H groups in total. The average molecular weight is 264 g/mol. The lowest BCUT2D eigenvalue weighted by atomic mass is 9.98. The van der Waals surface area contributed by atoms with Gasteiger partial charge in [-0.1, -0.05) is 0 Å². The number of anilines is 1. The lowest BCUT2D eigenvalue weighted by Crippen LogP contribution is -2.28. The molecule has 0 saturated carbocycles. The first-order valence-corrected chi connectivity index (χ1v) is 6.95. The second-order valence-electron chi connectivity index (χ2n) is 5.69. The van der Waals surface area contributed by atoms with Crippen molar-refractivity contribution in [3.8, 4) is 0 Å². The van der Waals surface area contributed by atoms with E-state index in [1.54, 1.807) is 0 Å². The van der Waals surface area contributed by atoms with E-state index in [0.717, 1.165) is 56.2 Å². The van der Waals surface area contributed by atoms with Crippen LogP contribution in [0.15, 0.2) is 6.07 Å². The third-order valence-electron chi connectivity index (χ3n) is 3.68. The average Bonchev–Trinajstić information content (AvgIpc) is 2.50. The molecule has 1 unspecified atom stereocenters. The molecular weight excluding hydrogens is 240 g/mol. The van der Waals surface area contributed by atoms with Crippen LogP contribution in [0, 0.1) is 6.92 Å². The molecule has 0 aromatic carbocycles. The van der Waals surface area contributed by atoms with Crippen LogP contribution < -0.4 is 5.32 Å². The topological polar surface area (TPSA) is 61.3 Å². The molecule has 0 radical (unpaired) electrons. The van der Waals surface area contributed by atoms with Crippen molar-refractivity contribution in [3.05, 3.63) is 17.6 Å². The van der Waals surface area contributed by atoms with E-state index in [4.69, 9.17) is 0 Å². The highest BCUT2D eigenvalue weighted by molar-refractivity contribution is 5.34. The molecule has 1 aromatic heterocycles. The zero-order valence-corrected chi connectivity index (χ0v) is 12.1. The minimum Gasteiger partial charge on any atom is -0.390 e. The van der Waals surface area contributed by atoms with Gasteiger partial charge in [0.1, 0.15) is 11.6 Å². The summed E-state index contributed by atoms with van der Waals surface area (Å²) in [6.45, 7) is 6.58. The molecule has 1 fully saturated rings. The Balaban J connectivity index is 2.02. The minimum absolute atomic E-state index is 0.516. The predicted molar refractivity (Wildman–Crippen MR) is 76.1 cm³/mol. The normalized spacial score (nSPS) is 25.1. The van der Waals surface area contributed by atoms with Crippen LogP contribution in [-0.4, -0.2) is 45.7 Å². The molecule has 2 heterocycles. The lowest BCUT2D eigenvalue weighted by Gasteiger charge is -2.22. The summed E-state index contributed by atoms with van der Waals surface area (Å²) >= 11 is 0. The van der Waals surface area contributed by atoms with Gasteiger partial charge >= 0.3 is 0 Å². The van der Waals surface area contributed by atoms with Gasteiger partial charge < -0.3 is 10.4 Å². The number of nitrogens with zero attached hydrogens (tertiary/aromatic N) is 3. The molecule has 1 atom stereocenters. The van der Waals surface area contributed by atoms with Gasteiger partial charge in [0.2, 0.25) is 0 Å². The molecular formula is C14H24N4O. The zero-order chi connectivity index (χ0) is 13.9. The first-order chi connectivity index (χ1) is 8.98. The SMILES string of the molecule is CNc1cc(C)nc(CN2CCCC(C)(O)CC2)n1. The highest BCUT2D eigenvalue weighted by Crippen LogP contribution is 2.22. The number of hydrogen-bond donors (Lipinski definition) is 2. The van der Waals surface area contributed by atoms with Crippen molar-refractivity contribution >= 4 is 5.82 Å². The molecule has 106 valence electrons. The second kappa shape index (κ2) is 5.84. The Labute approximate surface area is 115 Å². The molecule has 5 nitrogen and oxygen atoms in total. The summed E-state index contributed by atoms with van der Waals surface area (Å²) in [6, 6.07) is 1.94. The van der Waals surface area contributed by atoms with E-state index in [0.29, 0.717) is 0 Å². The van der Waals surface area contributed by atoms with E-state index < -0.39 is 5.60 Å². The maximum atomic E-state index is 10.1. The number of hydrogen-bond acceptors (Lipinski definition) is 5. The van der Waals surface area contributed by atoms with Crippen molar-refractivity contribution in [2.24, 2.45) is 0 Å². The highest BCUT2D eigenvalue weighted by Gasteiger charge is 2.25. The summed E-state index contributed by atoms with van der Waals surface area (Å²) in [7, 11) is 1.87. The third kappa shape index (κ3) is 4.14. The van der Waals surface area contributed by atoms with Crippen LogP contribution in [-0.2, 0) is 6.54 Å². The maximum absolute atomic E-state index is 10.1. The second-order valence-corrected chi connectivity index (χ2v) is 5.69. The van der Waals surface area contributed by atoms with Crippen LogP contribution in [0.2, 0.25) is 0 Å². The molecule has 0 spiro atoms. The van der Waals surface area contributed by atoms with E-state index >= 15 is 0 Å². The molecule has 1 saturated heterocycles. The van der Waals surface area contributed by atoms with E-state index in [1.165, 1.54) is 0 Å². The standard InChI is InChI=1S/C14H24N4O/c1-11-9-12(15-3)17-13(16-11)10-18-7-4-5-14(2,19)6-8-18/h9,19H,4-8,10H2,1-3H3,(H,15,16,17). The van der Waals surface area contributed by atoms with Crippen molar-refractivity contribution in [1.29, 1.82) is 0 Å². The first-order valence-electron chi connectivity index (χ1n) is 6.95. The Morgan fingerprint density at radius 1 is 1.37 bits per heavy atom. The van der Waals surface area contributed by atoms with E-state index in [1.807, 2.05) is 27.0 Å². The Morgan fingerprint density at radius 2 is 2.16 bits per heavy atom.